The Morgan fingerprint density at radius 1 is 1.33 bits per heavy atom. The second kappa shape index (κ2) is 5.51. The molecule has 1 fully saturated rings. The number of hydrogen-bond donors (Lipinski definition) is 0. The molecule has 3 heteroatoms. The van der Waals surface area contributed by atoms with Crippen LogP contribution in [0.4, 0.5) is 0 Å². The maximum atomic E-state index is 5.59. The van der Waals surface area contributed by atoms with Gasteiger partial charge in [-0.3, -0.25) is 7.05 Å². The Kier molecular flexibility index (Phi) is 4.58. The van der Waals surface area contributed by atoms with Crippen molar-refractivity contribution in [2.45, 2.75) is 18.9 Å². The highest BCUT2D eigenvalue weighted by atomic mass is 16.5. The molecule has 1 saturated heterocycles. The van der Waals surface area contributed by atoms with Crippen molar-refractivity contribution in [1.82, 2.24) is 4.90 Å². The molecule has 0 amide bonds. The first-order valence-electron chi connectivity index (χ1n) is 4.49. The topological polar surface area (TPSA) is 21.7 Å². The first-order chi connectivity index (χ1) is 5.83. The van der Waals surface area contributed by atoms with Gasteiger partial charge in [-0.25, -0.2) is 0 Å². The summed E-state index contributed by atoms with van der Waals surface area (Å²) in [5.41, 5.74) is 0. The monoisotopic (exact) mass is 172 g/mol. The summed E-state index contributed by atoms with van der Waals surface area (Å²) in [6, 6.07) is 0. The lowest BCUT2D eigenvalue weighted by Gasteiger charge is -2.34. The average Bonchev–Trinajstić information content (AvgIpc) is 2.09. The zero-order valence-electron chi connectivity index (χ0n) is 7.79. The molecule has 0 aliphatic carbocycles. The fourth-order valence-electron chi connectivity index (χ4n) is 1.37. The van der Waals surface area contributed by atoms with E-state index in [1.807, 2.05) is 0 Å². The van der Waals surface area contributed by atoms with Gasteiger partial charge in [-0.1, -0.05) is 0 Å². The zero-order chi connectivity index (χ0) is 8.81. The van der Waals surface area contributed by atoms with Crippen molar-refractivity contribution in [2.75, 3.05) is 33.4 Å². The third kappa shape index (κ3) is 3.52. The summed E-state index contributed by atoms with van der Waals surface area (Å²) in [7, 11) is 5.58. The standard InChI is InChI=1S/C9H18NO2/c1-10-5-3-9(4-6-10)12-8-7-11-2/h9H,1,3-8H2,2H3/q-1. The maximum absolute atomic E-state index is 5.59. The predicted molar refractivity (Wildman–Crippen MR) is 47.8 cm³/mol. The van der Waals surface area contributed by atoms with Crippen molar-refractivity contribution in [3.05, 3.63) is 7.05 Å². The highest BCUT2D eigenvalue weighted by molar-refractivity contribution is 4.71. The zero-order valence-corrected chi connectivity index (χ0v) is 7.79. The van der Waals surface area contributed by atoms with Crippen LogP contribution in [0.1, 0.15) is 12.8 Å². The van der Waals surface area contributed by atoms with Crippen LogP contribution in [0.2, 0.25) is 0 Å². The SMILES string of the molecule is [CH2-]N1CCC(OCCOC)CC1. The molecule has 0 aromatic carbocycles. The number of piperidine rings is 1. The Bertz CT molecular complexity index is 111. The van der Waals surface area contributed by atoms with Crippen LogP contribution in [0.5, 0.6) is 0 Å². The van der Waals surface area contributed by atoms with Crippen molar-refractivity contribution in [1.29, 1.82) is 0 Å². The molecule has 0 atom stereocenters. The van der Waals surface area contributed by atoms with E-state index < -0.39 is 0 Å². The lowest BCUT2D eigenvalue weighted by molar-refractivity contribution is -0.00903. The van der Waals surface area contributed by atoms with Crippen LogP contribution in [0.3, 0.4) is 0 Å². The molecule has 0 bridgehead atoms. The molecule has 0 unspecified atom stereocenters. The molecule has 1 heterocycles. The van der Waals surface area contributed by atoms with E-state index in [0.29, 0.717) is 12.7 Å². The van der Waals surface area contributed by atoms with Crippen molar-refractivity contribution in [2.24, 2.45) is 0 Å². The van der Waals surface area contributed by atoms with Gasteiger partial charge in [0.25, 0.3) is 0 Å². The van der Waals surface area contributed by atoms with Gasteiger partial charge >= 0.3 is 0 Å². The van der Waals surface area contributed by atoms with Crippen LogP contribution in [0.25, 0.3) is 0 Å². The Morgan fingerprint density at radius 2 is 2.00 bits per heavy atom. The van der Waals surface area contributed by atoms with Crippen LogP contribution in [-0.4, -0.2) is 44.4 Å². The van der Waals surface area contributed by atoms with E-state index >= 15 is 0 Å². The van der Waals surface area contributed by atoms with Gasteiger partial charge in [-0.05, 0) is 25.9 Å². The van der Waals surface area contributed by atoms with Gasteiger partial charge in [0.2, 0.25) is 0 Å². The molecule has 0 aromatic rings. The first kappa shape index (κ1) is 9.96. The van der Waals surface area contributed by atoms with E-state index in [-0.39, 0.29) is 0 Å². The molecule has 0 spiro atoms. The second-order valence-electron chi connectivity index (χ2n) is 3.18. The molecule has 0 radical (unpaired) electrons. The summed E-state index contributed by atoms with van der Waals surface area (Å²) < 4.78 is 10.5. The number of methoxy groups -OCH3 is 1. The van der Waals surface area contributed by atoms with E-state index in [0.717, 1.165) is 32.5 Å². The van der Waals surface area contributed by atoms with Crippen molar-refractivity contribution in [3.63, 3.8) is 0 Å². The summed E-state index contributed by atoms with van der Waals surface area (Å²) in [4.78, 5) is 2.09. The van der Waals surface area contributed by atoms with Crippen LogP contribution < -0.4 is 0 Å². The van der Waals surface area contributed by atoms with Crippen molar-refractivity contribution >= 4 is 0 Å². The number of likely N-dealkylation sites (tertiary alicyclic amines) is 1. The minimum Gasteiger partial charge on any atom is -0.459 e. The van der Waals surface area contributed by atoms with Crippen LogP contribution in [0.15, 0.2) is 0 Å². The van der Waals surface area contributed by atoms with Gasteiger partial charge in [0.1, 0.15) is 0 Å². The van der Waals surface area contributed by atoms with Crippen molar-refractivity contribution in [3.8, 4) is 0 Å². The summed E-state index contributed by atoms with van der Waals surface area (Å²) in [6.45, 7) is 3.53. The molecule has 1 aliphatic heterocycles. The van der Waals surface area contributed by atoms with Gasteiger partial charge in [0.15, 0.2) is 0 Å². The lowest BCUT2D eigenvalue weighted by Crippen LogP contribution is -2.33. The smallest absolute Gasteiger partial charge is 0.0704 e. The fourth-order valence-corrected chi connectivity index (χ4v) is 1.37. The highest BCUT2D eigenvalue weighted by Crippen LogP contribution is 2.12. The van der Waals surface area contributed by atoms with E-state index in [1.165, 1.54) is 0 Å². The van der Waals surface area contributed by atoms with Gasteiger partial charge < -0.3 is 14.4 Å². The van der Waals surface area contributed by atoms with Gasteiger partial charge in [-0.2, -0.15) is 0 Å². The Morgan fingerprint density at radius 3 is 2.58 bits per heavy atom. The third-order valence-electron chi connectivity index (χ3n) is 2.18. The van der Waals surface area contributed by atoms with Gasteiger partial charge in [0.05, 0.1) is 19.3 Å². The third-order valence-corrected chi connectivity index (χ3v) is 2.18. The quantitative estimate of drug-likeness (QED) is 0.464. The normalized spacial score (nSPS) is 21.5. The van der Waals surface area contributed by atoms with Crippen LogP contribution >= 0.6 is 0 Å². The summed E-state index contributed by atoms with van der Waals surface area (Å²) in [5, 5.41) is 0. The fraction of sp³-hybridized carbons (Fsp3) is 0.889. The summed E-state index contributed by atoms with van der Waals surface area (Å²) in [5.74, 6) is 0. The Hall–Kier alpha value is -0.120. The molecule has 72 valence electrons. The molecule has 3 nitrogen and oxygen atoms in total. The van der Waals surface area contributed by atoms with E-state index in [2.05, 4.69) is 11.9 Å². The van der Waals surface area contributed by atoms with E-state index in [1.54, 1.807) is 7.11 Å². The van der Waals surface area contributed by atoms with Crippen molar-refractivity contribution < 1.29 is 9.47 Å². The van der Waals surface area contributed by atoms with Crippen LogP contribution in [0, 0.1) is 7.05 Å². The number of hydrogen-bond acceptors (Lipinski definition) is 3. The number of nitrogens with zero attached hydrogens (tertiary/aromatic N) is 1. The molecule has 0 saturated carbocycles. The Labute approximate surface area is 74.6 Å². The molecular formula is C9H18NO2-. The molecule has 0 N–H and O–H groups in total. The van der Waals surface area contributed by atoms with Gasteiger partial charge in [0, 0.05) is 7.11 Å². The molecule has 12 heavy (non-hydrogen) atoms. The minimum absolute atomic E-state index is 0.429. The highest BCUT2D eigenvalue weighted by Gasteiger charge is 2.13. The Balaban J connectivity index is 2.01. The first-order valence-corrected chi connectivity index (χ1v) is 4.49. The molecule has 1 rings (SSSR count). The minimum atomic E-state index is 0.429. The summed E-state index contributed by atoms with van der Waals surface area (Å²) in [6.07, 6.45) is 2.64. The van der Waals surface area contributed by atoms with Gasteiger partial charge in [-0.15, -0.1) is 0 Å². The van der Waals surface area contributed by atoms with E-state index in [9.17, 15) is 0 Å². The number of ether oxygens (including phenoxy) is 2. The maximum Gasteiger partial charge on any atom is 0.0704 e. The summed E-state index contributed by atoms with van der Waals surface area (Å²) >= 11 is 0. The average molecular weight is 172 g/mol. The molecular weight excluding hydrogens is 154 g/mol. The van der Waals surface area contributed by atoms with E-state index in [4.69, 9.17) is 9.47 Å². The lowest BCUT2D eigenvalue weighted by atomic mass is 10.1. The largest absolute Gasteiger partial charge is 0.459 e. The molecule has 0 aromatic heterocycles. The second-order valence-corrected chi connectivity index (χ2v) is 3.18. The van der Waals surface area contributed by atoms with Crippen LogP contribution in [-0.2, 0) is 9.47 Å². The molecule has 1 aliphatic rings. The predicted octanol–water partition coefficient (Wildman–Crippen LogP) is 0.905. The number of rotatable bonds is 4.